The van der Waals surface area contributed by atoms with Gasteiger partial charge in [-0.3, -0.25) is 4.90 Å². The number of anilines is 1. The third-order valence-corrected chi connectivity index (χ3v) is 3.97. The molecule has 0 radical (unpaired) electrons. The van der Waals surface area contributed by atoms with Gasteiger partial charge in [-0.2, -0.15) is 0 Å². The van der Waals surface area contributed by atoms with Crippen molar-refractivity contribution in [2.24, 2.45) is 0 Å². The number of carbonyl (C=O) groups is 2. The number of thiophene rings is 1. The van der Waals surface area contributed by atoms with Crippen molar-refractivity contribution in [1.82, 2.24) is 5.32 Å². The van der Waals surface area contributed by atoms with E-state index in [-0.39, 0.29) is 6.54 Å². The van der Waals surface area contributed by atoms with Crippen LogP contribution in [0.3, 0.4) is 0 Å². The molecule has 1 atom stereocenters. The van der Waals surface area contributed by atoms with Crippen LogP contribution in [0.25, 0.3) is 0 Å². The van der Waals surface area contributed by atoms with Gasteiger partial charge < -0.3 is 14.8 Å². The van der Waals surface area contributed by atoms with Crippen LogP contribution in [-0.2, 0) is 4.74 Å². The zero-order valence-electron chi connectivity index (χ0n) is 11.6. The van der Waals surface area contributed by atoms with E-state index >= 15 is 0 Å². The number of hydrogen-bond donors (Lipinski definition) is 1. The maximum Gasteiger partial charge on any atom is 0.415 e. The molecule has 6 nitrogen and oxygen atoms in total. The summed E-state index contributed by atoms with van der Waals surface area (Å²) in [5.41, 5.74) is 0. The van der Waals surface area contributed by atoms with Gasteiger partial charge in [0.1, 0.15) is 16.9 Å². The lowest BCUT2D eigenvalue weighted by Crippen LogP contribution is -2.36. The number of amides is 2. The van der Waals surface area contributed by atoms with Gasteiger partial charge in [-0.15, -0.1) is 11.3 Å². The number of rotatable bonds is 4. The van der Waals surface area contributed by atoms with Crippen LogP contribution < -0.4 is 15.0 Å². The van der Waals surface area contributed by atoms with Gasteiger partial charge >= 0.3 is 12.2 Å². The number of hydrogen-bond acceptors (Lipinski definition) is 5. The van der Waals surface area contributed by atoms with Gasteiger partial charge in [0.2, 0.25) is 0 Å². The summed E-state index contributed by atoms with van der Waals surface area (Å²) in [5, 5.41) is 5.32. The van der Waals surface area contributed by atoms with Crippen molar-refractivity contribution in [3.05, 3.63) is 47.8 Å². The summed E-state index contributed by atoms with van der Waals surface area (Å²) in [6.07, 6.45) is -1.36. The van der Waals surface area contributed by atoms with E-state index in [0.717, 1.165) is 5.00 Å². The lowest BCUT2D eigenvalue weighted by atomic mass is 10.3. The molecular weight excluding hydrogens is 304 g/mol. The lowest BCUT2D eigenvalue weighted by molar-refractivity contribution is 0.137. The third-order valence-electron chi connectivity index (χ3n) is 3.07. The van der Waals surface area contributed by atoms with Crippen molar-refractivity contribution < 1.29 is 19.1 Å². The van der Waals surface area contributed by atoms with Crippen LogP contribution in [0.1, 0.15) is 0 Å². The Hall–Kier alpha value is -2.54. The molecule has 7 heteroatoms. The van der Waals surface area contributed by atoms with Gasteiger partial charge in [0.15, 0.2) is 0 Å². The normalized spacial score (nSPS) is 17.2. The number of para-hydroxylation sites is 1. The second kappa shape index (κ2) is 6.48. The van der Waals surface area contributed by atoms with Crippen LogP contribution in [0.15, 0.2) is 47.8 Å². The first-order chi connectivity index (χ1) is 10.7. The van der Waals surface area contributed by atoms with Crippen molar-refractivity contribution >= 4 is 28.5 Å². The van der Waals surface area contributed by atoms with E-state index in [1.54, 1.807) is 29.2 Å². The fourth-order valence-electron chi connectivity index (χ4n) is 2.06. The number of nitrogens with zero attached hydrogens (tertiary/aromatic N) is 1. The minimum absolute atomic E-state index is 0.208. The van der Waals surface area contributed by atoms with Crippen LogP contribution in [-0.4, -0.2) is 31.4 Å². The summed E-state index contributed by atoms with van der Waals surface area (Å²) in [5.74, 6) is 0.462. The number of benzene rings is 1. The molecule has 1 aromatic heterocycles. The molecule has 22 heavy (non-hydrogen) atoms. The highest BCUT2D eigenvalue weighted by Crippen LogP contribution is 2.26. The molecule has 2 amide bonds. The molecule has 1 aromatic carbocycles. The van der Waals surface area contributed by atoms with Crippen LogP contribution in [0, 0.1) is 0 Å². The fourth-order valence-corrected chi connectivity index (χ4v) is 2.79. The van der Waals surface area contributed by atoms with Gasteiger partial charge in [0, 0.05) is 0 Å². The number of nitrogens with one attached hydrogen (secondary N) is 1. The summed E-state index contributed by atoms with van der Waals surface area (Å²) in [6.45, 7) is 0.615. The van der Waals surface area contributed by atoms with E-state index in [0.29, 0.717) is 12.3 Å². The molecule has 114 valence electrons. The second-order valence-electron chi connectivity index (χ2n) is 4.65. The highest BCUT2D eigenvalue weighted by molar-refractivity contribution is 7.14. The lowest BCUT2D eigenvalue weighted by Gasteiger charge is -2.11. The number of cyclic esters (lactones) is 1. The largest absolute Gasteiger partial charge is 0.442 e. The first kappa shape index (κ1) is 14.4. The molecule has 0 saturated carbocycles. The van der Waals surface area contributed by atoms with Crippen LogP contribution in [0.2, 0.25) is 0 Å². The molecule has 1 fully saturated rings. The summed E-state index contributed by atoms with van der Waals surface area (Å²) in [6, 6.07) is 12.5. The molecule has 2 aromatic rings. The van der Waals surface area contributed by atoms with Crippen LogP contribution >= 0.6 is 11.3 Å². The van der Waals surface area contributed by atoms with E-state index < -0.39 is 18.3 Å². The number of ether oxygens (including phenoxy) is 2. The van der Waals surface area contributed by atoms with E-state index in [1.807, 2.05) is 23.6 Å². The smallest absolute Gasteiger partial charge is 0.415 e. The Morgan fingerprint density at radius 1 is 1.32 bits per heavy atom. The Labute approximate surface area is 131 Å². The van der Waals surface area contributed by atoms with Crippen molar-refractivity contribution in [2.75, 3.05) is 18.0 Å². The first-order valence-electron chi connectivity index (χ1n) is 6.75. The average molecular weight is 318 g/mol. The molecule has 1 N–H and O–H groups in total. The third kappa shape index (κ3) is 3.37. The quantitative estimate of drug-likeness (QED) is 0.941. The molecule has 0 aliphatic carbocycles. The van der Waals surface area contributed by atoms with Crippen molar-refractivity contribution in [3.63, 3.8) is 0 Å². The van der Waals surface area contributed by atoms with Gasteiger partial charge in [0.05, 0.1) is 13.1 Å². The molecule has 0 spiro atoms. The Balaban J connectivity index is 1.48. The van der Waals surface area contributed by atoms with Gasteiger partial charge in [-0.25, -0.2) is 9.59 Å². The highest BCUT2D eigenvalue weighted by Gasteiger charge is 2.33. The Morgan fingerprint density at radius 2 is 2.14 bits per heavy atom. The molecule has 1 saturated heterocycles. The van der Waals surface area contributed by atoms with E-state index in [4.69, 9.17) is 9.47 Å². The molecule has 0 bridgehead atoms. The first-order valence-corrected chi connectivity index (χ1v) is 7.63. The topological polar surface area (TPSA) is 67.9 Å². The highest BCUT2D eigenvalue weighted by atomic mass is 32.1. The molecule has 1 aliphatic rings. The van der Waals surface area contributed by atoms with E-state index in [2.05, 4.69) is 5.32 Å². The predicted octanol–water partition coefficient (Wildman–Crippen LogP) is 2.86. The summed E-state index contributed by atoms with van der Waals surface area (Å²) >= 11 is 1.47. The molecule has 3 rings (SSSR count). The minimum Gasteiger partial charge on any atom is -0.442 e. The fraction of sp³-hybridized carbons (Fsp3) is 0.200. The van der Waals surface area contributed by atoms with E-state index in [1.165, 1.54) is 11.3 Å². The summed E-state index contributed by atoms with van der Waals surface area (Å²) in [4.78, 5) is 25.0. The van der Waals surface area contributed by atoms with Crippen LogP contribution in [0.4, 0.5) is 14.6 Å². The summed E-state index contributed by atoms with van der Waals surface area (Å²) in [7, 11) is 0. The standard InChI is InChI=1S/C15H14N2O4S/c18-14(20-11-5-2-1-3-6-11)16-9-12-10-17(15(19)21-12)13-7-4-8-22-13/h1-8,12H,9-10H2,(H,16,18). The maximum absolute atomic E-state index is 11.8. The van der Waals surface area contributed by atoms with Gasteiger partial charge in [-0.1, -0.05) is 18.2 Å². The average Bonchev–Trinajstić information content (AvgIpc) is 3.15. The monoisotopic (exact) mass is 318 g/mol. The number of carbonyl (C=O) groups excluding carboxylic acids is 2. The van der Waals surface area contributed by atoms with Crippen molar-refractivity contribution in [1.29, 1.82) is 0 Å². The predicted molar refractivity (Wildman–Crippen MR) is 82.4 cm³/mol. The van der Waals surface area contributed by atoms with E-state index in [9.17, 15) is 9.59 Å². The van der Waals surface area contributed by atoms with Gasteiger partial charge in [-0.05, 0) is 29.6 Å². The molecular formula is C15H14N2O4S. The maximum atomic E-state index is 11.8. The van der Waals surface area contributed by atoms with Crippen molar-refractivity contribution in [3.8, 4) is 5.75 Å². The summed E-state index contributed by atoms with van der Waals surface area (Å²) < 4.78 is 10.3. The SMILES string of the molecule is O=C(NCC1CN(c2cccs2)C(=O)O1)Oc1ccccc1. The van der Waals surface area contributed by atoms with Gasteiger partial charge in [0.25, 0.3) is 0 Å². The zero-order chi connectivity index (χ0) is 15.4. The molecule has 1 unspecified atom stereocenters. The Kier molecular flexibility index (Phi) is 4.24. The van der Waals surface area contributed by atoms with Crippen molar-refractivity contribution in [2.45, 2.75) is 6.10 Å². The zero-order valence-corrected chi connectivity index (χ0v) is 12.4. The minimum atomic E-state index is -0.572. The Bertz CT molecular complexity index is 645. The molecule has 1 aliphatic heterocycles. The molecule has 2 heterocycles. The second-order valence-corrected chi connectivity index (χ2v) is 5.58. The Morgan fingerprint density at radius 3 is 2.86 bits per heavy atom. The van der Waals surface area contributed by atoms with Crippen LogP contribution in [0.5, 0.6) is 5.75 Å².